The second-order valence-corrected chi connectivity index (χ2v) is 4.13. The summed E-state index contributed by atoms with van der Waals surface area (Å²) in [5.74, 6) is -0.867. The van der Waals surface area contributed by atoms with Gasteiger partial charge < -0.3 is 16.4 Å². The number of hydrogen-bond acceptors (Lipinski definition) is 3. The minimum Gasteiger partial charge on any atom is -0.398 e. The second kappa shape index (κ2) is 4.98. The highest BCUT2D eigenvalue weighted by molar-refractivity contribution is 9.10. The second-order valence-electron chi connectivity index (χ2n) is 3.34. The Morgan fingerprint density at radius 3 is 2.62 bits per heavy atom. The number of nitrogen functional groups attached to an aromatic ring is 1. The molecule has 1 rings (SSSR count). The van der Waals surface area contributed by atoms with Crippen LogP contribution in [0.15, 0.2) is 22.7 Å². The Labute approximate surface area is 102 Å². The van der Waals surface area contributed by atoms with E-state index < -0.39 is 5.91 Å². The first-order valence-corrected chi connectivity index (χ1v) is 5.30. The van der Waals surface area contributed by atoms with Gasteiger partial charge in [0, 0.05) is 12.7 Å². The number of nitrogens with two attached hydrogens (primary N) is 2. The molecule has 86 valence electrons. The van der Waals surface area contributed by atoms with E-state index in [9.17, 15) is 9.59 Å². The predicted molar refractivity (Wildman–Crippen MR) is 64.7 cm³/mol. The molecule has 0 fully saturated rings. The number of anilines is 1. The first-order chi connectivity index (χ1) is 7.43. The fourth-order valence-corrected chi connectivity index (χ4v) is 1.66. The van der Waals surface area contributed by atoms with Gasteiger partial charge in [-0.1, -0.05) is 6.07 Å². The number of halogens is 1. The Balaban J connectivity index is 2.96. The van der Waals surface area contributed by atoms with Crippen molar-refractivity contribution >= 4 is 33.4 Å². The van der Waals surface area contributed by atoms with Gasteiger partial charge in [-0.15, -0.1) is 0 Å². The lowest BCUT2D eigenvalue weighted by molar-refractivity contribution is -0.118. The highest BCUT2D eigenvalue weighted by Crippen LogP contribution is 2.24. The molecule has 0 saturated carbocycles. The SMILES string of the molecule is CN(CC(N)=O)C(=O)c1cccc(N)c1Br. The van der Waals surface area contributed by atoms with Crippen LogP contribution in [0.4, 0.5) is 5.69 Å². The summed E-state index contributed by atoms with van der Waals surface area (Å²) in [5.41, 5.74) is 11.5. The van der Waals surface area contributed by atoms with Crippen molar-refractivity contribution in [3.8, 4) is 0 Å². The number of carbonyl (C=O) groups is 2. The number of carbonyl (C=O) groups excluding carboxylic acids is 2. The molecule has 0 bridgehead atoms. The van der Waals surface area contributed by atoms with Crippen molar-refractivity contribution in [1.82, 2.24) is 4.90 Å². The van der Waals surface area contributed by atoms with Gasteiger partial charge in [0.15, 0.2) is 0 Å². The molecule has 0 spiro atoms. The zero-order chi connectivity index (χ0) is 12.3. The average Bonchev–Trinajstić information content (AvgIpc) is 2.20. The molecule has 6 heteroatoms. The van der Waals surface area contributed by atoms with Gasteiger partial charge in [-0.3, -0.25) is 9.59 Å². The van der Waals surface area contributed by atoms with E-state index in [4.69, 9.17) is 11.5 Å². The zero-order valence-electron chi connectivity index (χ0n) is 8.74. The molecule has 4 N–H and O–H groups in total. The summed E-state index contributed by atoms with van der Waals surface area (Å²) in [4.78, 5) is 23.8. The van der Waals surface area contributed by atoms with Gasteiger partial charge in [0.1, 0.15) is 0 Å². The highest BCUT2D eigenvalue weighted by Gasteiger charge is 2.17. The first-order valence-electron chi connectivity index (χ1n) is 4.51. The van der Waals surface area contributed by atoms with Crippen LogP contribution in [0.2, 0.25) is 0 Å². The summed E-state index contributed by atoms with van der Waals surface area (Å²) >= 11 is 3.23. The van der Waals surface area contributed by atoms with E-state index in [-0.39, 0.29) is 12.5 Å². The molecule has 0 atom stereocenters. The van der Waals surface area contributed by atoms with Gasteiger partial charge in [-0.05, 0) is 28.1 Å². The van der Waals surface area contributed by atoms with E-state index in [0.29, 0.717) is 15.7 Å². The molecule has 0 aromatic heterocycles. The third-order valence-electron chi connectivity index (χ3n) is 2.00. The first kappa shape index (κ1) is 12.5. The highest BCUT2D eigenvalue weighted by atomic mass is 79.9. The molecule has 16 heavy (non-hydrogen) atoms. The summed E-state index contributed by atoms with van der Waals surface area (Å²) in [6.07, 6.45) is 0. The van der Waals surface area contributed by atoms with Crippen molar-refractivity contribution in [3.63, 3.8) is 0 Å². The van der Waals surface area contributed by atoms with E-state index >= 15 is 0 Å². The number of benzene rings is 1. The number of rotatable bonds is 3. The van der Waals surface area contributed by atoms with Gasteiger partial charge in [-0.2, -0.15) is 0 Å². The molecule has 1 aromatic carbocycles. The Morgan fingerprint density at radius 1 is 1.44 bits per heavy atom. The molecule has 2 amide bonds. The number of hydrogen-bond donors (Lipinski definition) is 2. The lowest BCUT2D eigenvalue weighted by atomic mass is 10.2. The van der Waals surface area contributed by atoms with Crippen LogP contribution in [-0.2, 0) is 4.79 Å². The van der Waals surface area contributed by atoms with Crippen LogP contribution in [0, 0.1) is 0 Å². The molecule has 0 aliphatic heterocycles. The van der Waals surface area contributed by atoms with Crippen molar-refractivity contribution < 1.29 is 9.59 Å². The standard InChI is InChI=1S/C10H12BrN3O2/c1-14(5-8(13)15)10(16)6-3-2-4-7(12)9(6)11/h2-4H,5,12H2,1H3,(H2,13,15). The van der Waals surface area contributed by atoms with Crippen molar-refractivity contribution in [3.05, 3.63) is 28.2 Å². The Kier molecular flexibility index (Phi) is 3.89. The lowest BCUT2D eigenvalue weighted by Gasteiger charge is -2.16. The molecule has 0 radical (unpaired) electrons. The van der Waals surface area contributed by atoms with Gasteiger partial charge in [0.05, 0.1) is 16.6 Å². The van der Waals surface area contributed by atoms with Crippen molar-refractivity contribution in [2.45, 2.75) is 0 Å². The summed E-state index contributed by atoms with van der Waals surface area (Å²) < 4.78 is 0.524. The van der Waals surface area contributed by atoms with Crippen LogP contribution in [0.25, 0.3) is 0 Å². The summed E-state index contributed by atoms with van der Waals surface area (Å²) in [6.45, 7) is -0.125. The molecular formula is C10H12BrN3O2. The van der Waals surface area contributed by atoms with E-state index in [2.05, 4.69) is 15.9 Å². The largest absolute Gasteiger partial charge is 0.398 e. The number of primary amides is 1. The van der Waals surface area contributed by atoms with Gasteiger partial charge in [0.25, 0.3) is 5.91 Å². The van der Waals surface area contributed by atoms with Crippen LogP contribution in [0.1, 0.15) is 10.4 Å². The molecule has 5 nitrogen and oxygen atoms in total. The molecule has 0 aliphatic carbocycles. The fraction of sp³-hybridized carbons (Fsp3) is 0.200. The molecule has 0 aliphatic rings. The number of nitrogens with zero attached hydrogens (tertiary/aromatic N) is 1. The lowest BCUT2D eigenvalue weighted by Crippen LogP contribution is -2.35. The molecule has 0 heterocycles. The van der Waals surface area contributed by atoms with Crippen LogP contribution >= 0.6 is 15.9 Å². The molecule has 1 aromatic rings. The van der Waals surface area contributed by atoms with Crippen LogP contribution in [0.5, 0.6) is 0 Å². The Bertz CT molecular complexity index is 434. The van der Waals surface area contributed by atoms with Crippen molar-refractivity contribution in [2.24, 2.45) is 5.73 Å². The number of amides is 2. The van der Waals surface area contributed by atoms with Gasteiger partial charge >= 0.3 is 0 Å². The Hall–Kier alpha value is -1.56. The van der Waals surface area contributed by atoms with Crippen LogP contribution in [-0.4, -0.2) is 30.3 Å². The quantitative estimate of drug-likeness (QED) is 0.797. The summed E-state index contributed by atoms with van der Waals surface area (Å²) in [7, 11) is 1.50. The van der Waals surface area contributed by atoms with Crippen molar-refractivity contribution in [2.75, 3.05) is 19.3 Å². The topological polar surface area (TPSA) is 89.4 Å². The minimum absolute atomic E-state index is 0.125. The normalized spacial score (nSPS) is 9.88. The third kappa shape index (κ3) is 2.73. The van der Waals surface area contributed by atoms with Crippen molar-refractivity contribution in [1.29, 1.82) is 0 Å². The van der Waals surface area contributed by atoms with Gasteiger partial charge in [-0.25, -0.2) is 0 Å². The van der Waals surface area contributed by atoms with Gasteiger partial charge in [0.2, 0.25) is 5.91 Å². The predicted octanol–water partition coefficient (Wildman–Crippen LogP) is 0.589. The third-order valence-corrected chi connectivity index (χ3v) is 2.88. The number of likely N-dealkylation sites (N-methyl/N-ethyl adjacent to an activating group) is 1. The summed E-state index contributed by atoms with van der Waals surface area (Å²) in [5, 5.41) is 0. The Morgan fingerprint density at radius 2 is 2.06 bits per heavy atom. The molecule has 0 unspecified atom stereocenters. The maximum absolute atomic E-state index is 11.9. The molecular weight excluding hydrogens is 274 g/mol. The van der Waals surface area contributed by atoms with E-state index in [1.165, 1.54) is 11.9 Å². The fourth-order valence-electron chi connectivity index (χ4n) is 1.23. The maximum Gasteiger partial charge on any atom is 0.255 e. The minimum atomic E-state index is -0.559. The smallest absolute Gasteiger partial charge is 0.255 e. The zero-order valence-corrected chi connectivity index (χ0v) is 10.3. The average molecular weight is 286 g/mol. The van der Waals surface area contributed by atoms with E-state index in [1.54, 1.807) is 18.2 Å². The summed E-state index contributed by atoms with van der Waals surface area (Å²) in [6, 6.07) is 4.97. The van der Waals surface area contributed by atoms with E-state index in [1.807, 2.05) is 0 Å². The van der Waals surface area contributed by atoms with Crippen LogP contribution < -0.4 is 11.5 Å². The monoisotopic (exact) mass is 285 g/mol. The van der Waals surface area contributed by atoms with Crippen LogP contribution in [0.3, 0.4) is 0 Å². The molecule has 0 saturated heterocycles. The maximum atomic E-state index is 11.9. The van der Waals surface area contributed by atoms with E-state index in [0.717, 1.165) is 0 Å².